The van der Waals surface area contributed by atoms with Crippen molar-refractivity contribution in [3.05, 3.63) is 62.3 Å². The van der Waals surface area contributed by atoms with Gasteiger partial charge in [0.15, 0.2) is 0 Å². The Bertz CT molecular complexity index is 1130. The summed E-state index contributed by atoms with van der Waals surface area (Å²) in [6.07, 6.45) is 0. The molecule has 146 valence electrons. The zero-order chi connectivity index (χ0) is 20.4. The van der Waals surface area contributed by atoms with E-state index in [1.165, 1.54) is 22.0 Å². The Hall–Kier alpha value is -2.93. The number of benzene rings is 1. The Kier molecular flexibility index (Phi) is 5.65. The number of carbonyl (C=O) groups excluding carboxylic acids is 2. The third kappa shape index (κ3) is 3.71. The van der Waals surface area contributed by atoms with Crippen molar-refractivity contribution in [3.63, 3.8) is 0 Å². The zero-order valence-corrected chi connectivity index (χ0v) is 17.1. The van der Waals surface area contributed by atoms with Crippen molar-refractivity contribution in [2.24, 2.45) is 0 Å². The van der Waals surface area contributed by atoms with Crippen molar-refractivity contribution in [2.45, 2.75) is 34.2 Å². The molecule has 0 aliphatic carbocycles. The van der Waals surface area contributed by atoms with Gasteiger partial charge in [0.2, 0.25) is 5.91 Å². The number of thiophene rings is 1. The lowest BCUT2D eigenvalue weighted by Gasteiger charge is -2.12. The van der Waals surface area contributed by atoms with Gasteiger partial charge in [-0.1, -0.05) is 18.2 Å². The van der Waals surface area contributed by atoms with Crippen molar-refractivity contribution in [2.75, 3.05) is 11.9 Å². The lowest BCUT2D eigenvalue weighted by Crippen LogP contribution is -2.28. The van der Waals surface area contributed by atoms with Crippen LogP contribution in [0.5, 0.6) is 0 Å². The van der Waals surface area contributed by atoms with Crippen molar-refractivity contribution in [1.29, 1.82) is 0 Å². The predicted molar refractivity (Wildman–Crippen MR) is 111 cm³/mol. The molecule has 28 heavy (non-hydrogen) atoms. The highest BCUT2D eigenvalue weighted by Crippen LogP contribution is 2.33. The fourth-order valence-corrected chi connectivity index (χ4v) is 4.20. The number of nitrogens with zero attached hydrogens (tertiary/aromatic N) is 1. The van der Waals surface area contributed by atoms with Gasteiger partial charge in [-0.05, 0) is 44.9 Å². The summed E-state index contributed by atoms with van der Waals surface area (Å²) < 4.78 is 6.55. The van der Waals surface area contributed by atoms with Crippen LogP contribution in [0.4, 0.5) is 5.00 Å². The number of para-hydroxylation sites is 1. The molecule has 2 aromatic heterocycles. The maximum absolute atomic E-state index is 12.7. The molecular formula is C21H22N2O4S. The number of rotatable bonds is 5. The standard InChI is InChI=1S/C21H22N2O4S/c1-5-27-21(26)19-13(3)14(4)28-20(19)22-17(24)11-23-16-9-7-6-8-15(16)12(2)10-18(23)25/h6-10H,5,11H2,1-4H3,(H,22,24). The molecule has 0 radical (unpaired) electrons. The van der Waals surface area contributed by atoms with E-state index in [2.05, 4.69) is 5.32 Å². The number of esters is 1. The van der Waals surface area contributed by atoms with Gasteiger partial charge in [-0.25, -0.2) is 4.79 Å². The summed E-state index contributed by atoms with van der Waals surface area (Å²) in [5, 5.41) is 4.15. The van der Waals surface area contributed by atoms with Crippen molar-refractivity contribution in [1.82, 2.24) is 4.57 Å². The average molecular weight is 398 g/mol. The first-order chi connectivity index (χ1) is 13.3. The van der Waals surface area contributed by atoms with Crippen LogP contribution in [0.3, 0.4) is 0 Å². The van der Waals surface area contributed by atoms with Gasteiger partial charge < -0.3 is 10.1 Å². The van der Waals surface area contributed by atoms with Gasteiger partial charge in [-0.15, -0.1) is 11.3 Å². The molecule has 0 unspecified atom stereocenters. The van der Waals surface area contributed by atoms with Crippen LogP contribution < -0.4 is 10.9 Å². The lowest BCUT2D eigenvalue weighted by molar-refractivity contribution is -0.116. The summed E-state index contributed by atoms with van der Waals surface area (Å²) in [5.74, 6) is -0.833. The molecule has 1 aromatic carbocycles. The molecule has 6 nitrogen and oxygen atoms in total. The third-order valence-corrected chi connectivity index (χ3v) is 5.77. The first-order valence-corrected chi connectivity index (χ1v) is 9.81. The number of ether oxygens (including phenoxy) is 1. The fourth-order valence-electron chi connectivity index (χ4n) is 3.14. The number of nitrogens with one attached hydrogen (secondary N) is 1. The van der Waals surface area contributed by atoms with E-state index in [0.29, 0.717) is 16.1 Å². The fraction of sp³-hybridized carbons (Fsp3) is 0.286. The van der Waals surface area contributed by atoms with Crippen molar-refractivity contribution in [3.8, 4) is 0 Å². The maximum atomic E-state index is 12.7. The average Bonchev–Trinajstić information content (AvgIpc) is 2.92. The second-order valence-electron chi connectivity index (χ2n) is 6.52. The molecule has 0 fully saturated rings. The Morgan fingerprint density at radius 1 is 1.18 bits per heavy atom. The van der Waals surface area contributed by atoms with E-state index in [1.807, 2.05) is 45.0 Å². The van der Waals surface area contributed by atoms with Crippen LogP contribution >= 0.6 is 11.3 Å². The van der Waals surface area contributed by atoms with Gasteiger partial charge >= 0.3 is 5.97 Å². The monoisotopic (exact) mass is 398 g/mol. The van der Waals surface area contributed by atoms with Crippen molar-refractivity contribution < 1.29 is 14.3 Å². The minimum absolute atomic E-state index is 0.141. The molecule has 0 saturated heterocycles. The number of carbonyl (C=O) groups is 2. The number of pyridine rings is 1. The molecule has 0 saturated carbocycles. The highest BCUT2D eigenvalue weighted by atomic mass is 32.1. The highest BCUT2D eigenvalue weighted by molar-refractivity contribution is 7.16. The molecule has 0 spiro atoms. The molecule has 1 amide bonds. The number of anilines is 1. The summed E-state index contributed by atoms with van der Waals surface area (Å²) in [5.41, 5.74) is 2.49. The quantitative estimate of drug-likeness (QED) is 0.663. The topological polar surface area (TPSA) is 77.4 Å². The summed E-state index contributed by atoms with van der Waals surface area (Å²) in [6.45, 7) is 7.43. The zero-order valence-electron chi connectivity index (χ0n) is 16.3. The number of fused-ring (bicyclic) bond motifs is 1. The van der Waals surface area contributed by atoms with E-state index in [1.54, 1.807) is 6.92 Å². The van der Waals surface area contributed by atoms with Crippen LogP contribution in [0.2, 0.25) is 0 Å². The number of aryl methyl sites for hydroxylation is 2. The van der Waals surface area contributed by atoms with E-state index >= 15 is 0 Å². The molecule has 0 aliphatic heterocycles. The summed E-state index contributed by atoms with van der Waals surface area (Å²) in [4.78, 5) is 38.4. The van der Waals surface area contributed by atoms with E-state index in [-0.39, 0.29) is 24.6 Å². The molecule has 0 atom stereocenters. The number of aromatic nitrogens is 1. The first kappa shape index (κ1) is 19.8. The first-order valence-electron chi connectivity index (χ1n) is 8.99. The molecule has 0 aliphatic rings. The Morgan fingerprint density at radius 2 is 1.89 bits per heavy atom. The van der Waals surface area contributed by atoms with E-state index in [9.17, 15) is 14.4 Å². The van der Waals surface area contributed by atoms with Gasteiger partial charge in [0.1, 0.15) is 11.5 Å². The van der Waals surface area contributed by atoms with Gasteiger partial charge in [0, 0.05) is 16.3 Å². The molecule has 1 N–H and O–H groups in total. The second-order valence-corrected chi connectivity index (χ2v) is 7.75. The molecule has 3 aromatic rings. The van der Waals surface area contributed by atoms with Crippen LogP contribution in [-0.2, 0) is 16.1 Å². The van der Waals surface area contributed by atoms with Gasteiger partial charge in [0.25, 0.3) is 5.56 Å². The van der Waals surface area contributed by atoms with Crippen LogP contribution in [-0.4, -0.2) is 23.1 Å². The van der Waals surface area contributed by atoms with Crippen LogP contribution in [0.15, 0.2) is 35.1 Å². The summed E-state index contributed by atoms with van der Waals surface area (Å²) in [7, 11) is 0. The maximum Gasteiger partial charge on any atom is 0.341 e. The second kappa shape index (κ2) is 7.98. The minimum atomic E-state index is -0.461. The third-order valence-electron chi connectivity index (χ3n) is 4.65. The smallest absolute Gasteiger partial charge is 0.341 e. The van der Waals surface area contributed by atoms with Crippen molar-refractivity contribution >= 4 is 39.1 Å². The van der Waals surface area contributed by atoms with E-state index in [4.69, 9.17) is 4.74 Å². The van der Waals surface area contributed by atoms with Crippen LogP contribution in [0.1, 0.15) is 33.3 Å². The Morgan fingerprint density at radius 3 is 2.61 bits per heavy atom. The number of amides is 1. The Labute approximate surface area is 166 Å². The molecule has 3 rings (SSSR count). The lowest BCUT2D eigenvalue weighted by atomic mass is 10.1. The van der Waals surface area contributed by atoms with E-state index < -0.39 is 5.97 Å². The number of hydrogen-bond donors (Lipinski definition) is 1. The summed E-state index contributed by atoms with van der Waals surface area (Å²) in [6, 6.07) is 9.00. The minimum Gasteiger partial charge on any atom is -0.462 e. The molecule has 2 heterocycles. The SMILES string of the molecule is CCOC(=O)c1c(NC(=O)Cn2c(=O)cc(C)c3ccccc32)sc(C)c1C. The van der Waals surface area contributed by atoms with Crippen LogP contribution in [0, 0.1) is 20.8 Å². The van der Waals surface area contributed by atoms with E-state index in [0.717, 1.165) is 21.4 Å². The molecule has 7 heteroatoms. The highest BCUT2D eigenvalue weighted by Gasteiger charge is 2.22. The van der Waals surface area contributed by atoms with Gasteiger partial charge in [-0.3, -0.25) is 14.2 Å². The predicted octanol–water partition coefficient (Wildman–Crippen LogP) is 3.80. The molecule has 0 bridgehead atoms. The Balaban J connectivity index is 1.93. The summed E-state index contributed by atoms with van der Waals surface area (Å²) >= 11 is 1.32. The van der Waals surface area contributed by atoms with Gasteiger partial charge in [0.05, 0.1) is 17.7 Å². The largest absolute Gasteiger partial charge is 0.462 e. The number of hydrogen-bond acceptors (Lipinski definition) is 5. The molecular weight excluding hydrogens is 376 g/mol. The van der Waals surface area contributed by atoms with Gasteiger partial charge in [-0.2, -0.15) is 0 Å². The normalized spacial score (nSPS) is 10.9. The van der Waals surface area contributed by atoms with Crippen LogP contribution in [0.25, 0.3) is 10.9 Å².